The van der Waals surface area contributed by atoms with Crippen LogP contribution in [-0.4, -0.2) is 39.5 Å². The number of anilines is 1. The minimum Gasteiger partial charge on any atom is -0.398 e. The molecule has 0 radical (unpaired) electrons. The number of hydrogen-bond acceptors (Lipinski definition) is 4. The summed E-state index contributed by atoms with van der Waals surface area (Å²) in [4.78, 5) is 2.08. The van der Waals surface area contributed by atoms with E-state index in [9.17, 15) is 8.42 Å². The number of benzene rings is 1. The molecule has 0 unspecified atom stereocenters. The Labute approximate surface area is 115 Å². The van der Waals surface area contributed by atoms with Crippen molar-refractivity contribution in [1.29, 1.82) is 0 Å². The number of nitrogens with two attached hydrogens (primary N) is 1. The van der Waals surface area contributed by atoms with Crippen molar-refractivity contribution in [2.75, 3.05) is 25.9 Å². The molecule has 0 atom stereocenters. The normalized spacial score (nSPS) is 12.3. The molecule has 1 aromatic rings. The lowest BCUT2D eigenvalue weighted by Crippen LogP contribution is -2.36. The van der Waals surface area contributed by atoms with Crippen molar-refractivity contribution in [3.8, 4) is 0 Å². The lowest BCUT2D eigenvalue weighted by Gasteiger charge is -2.20. The van der Waals surface area contributed by atoms with Crippen LogP contribution >= 0.6 is 0 Å². The summed E-state index contributed by atoms with van der Waals surface area (Å²) >= 11 is 0. The Morgan fingerprint density at radius 3 is 2.53 bits per heavy atom. The zero-order valence-corrected chi connectivity index (χ0v) is 12.6. The van der Waals surface area contributed by atoms with E-state index >= 15 is 0 Å². The van der Waals surface area contributed by atoms with Crippen molar-refractivity contribution in [2.45, 2.75) is 25.6 Å². The van der Waals surface area contributed by atoms with Gasteiger partial charge < -0.3 is 10.6 Å². The van der Waals surface area contributed by atoms with Crippen LogP contribution < -0.4 is 10.5 Å². The van der Waals surface area contributed by atoms with Gasteiger partial charge in [-0.05, 0) is 32.5 Å². The monoisotopic (exact) mass is 285 g/mol. The van der Waals surface area contributed by atoms with Crippen LogP contribution in [-0.2, 0) is 15.8 Å². The van der Waals surface area contributed by atoms with Crippen molar-refractivity contribution in [1.82, 2.24) is 9.62 Å². The van der Waals surface area contributed by atoms with Crippen LogP contribution in [0.15, 0.2) is 24.3 Å². The van der Waals surface area contributed by atoms with Gasteiger partial charge in [0.1, 0.15) is 0 Å². The van der Waals surface area contributed by atoms with E-state index in [1.165, 1.54) is 0 Å². The second-order valence-electron chi connectivity index (χ2n) is 4.93. The zero-order chi connectivity index (χ0) is 14.5. The molecular weight excluding hydrogens is 262 g/mol. The summed E-state index contributed by atoms with van der Waals surface area (Å²) in [7, 11) is -1.37. The summed E-state index contributed by atoms with van der Waals surface area (Å²) in [5.74, 6) is -0.0783. The van der Waals surface area contributed by atoms with Gasteiger partial charge in [-0.3, -0.25) is 0 Å². The predicted octanol–water partition coefficient (Wildman–Crippen LogP) is 1.03. The number of likely N-dealkylation sites (N-methyl/N-ethyl adjacent to an activating group) is 1. The van der Waals surface area contributed by atoms with Gasteiger partial charge in [-0.2, -0.15) is 0 Å². The molecule has 0 aliphatic heterocycles. The summed E-state index contributed by atoms with van der Waals surface area (Å²) in [6.45, 7) is 5.23. The Morgan fingerprint density at radius 1 is 1.32 bits per heavy atom. The largest absolute Gasteiger partial charge is 0.398 e. The van der Waals surface area contributed by atoms with Gasteiger partial charge in [-0.15, -0.1) is 0 Å². The Morgan fingerprint density at radius 2 is 1.95 bits per heavy atom. The molecule has 0 saturated carbocycles. The van der Waals surface area contributed by atoms with E-state index in [1.807, 2.05) is 7.05 Å². The number of sulfonamides is 1. The number of nitrogens with zero attached hydrogens (tertiary/aromatic N) is 1. The fraction of sp³-hybridized carbons (Fsp3) is 0.538. The molecule has 0 aromatic heterocycles. The van der Waals surface area contributed by atoms with Gasteiger partial charge >= 0.3 is 0 Å². The fourth-order valence-electron chi connectivity index (χ4n) is 1.56. The minimum absolute atomic E-state index is 0.0783. The molecule has 19 heavy (non-hydrogen) atoms. The molecule has 0 aliphatic rings. The Hall–Kier alpha value is -1.11. The molecule has 0 heterocycles. The molecule has 3 N–H and O–H groups in total. The zero-order valence-electron chi connectivity index (χ0n) is 11.8. The van der Waals surface area contributed by atoms with E-state index in [-0.39, 0.29) is 5.75 Å². The first-order valence-corrected chi connectivity index (χ1v) is 7.98. The maximum atomic E-state index is 11.9. The van der Waals surface area contributed by atoms with Gasteiger partial charge in [0.05, 0.1) is 5.75 Å². The summed E-state index contributed by atoms with van der Waals surface area (Å²) in [6, 6.07) is 7.41. The standard InChI is InChI=1S/C13H23N3O2S/c1-11(2)16(3)9-8-15-19(17,18)10-12-6-4-5-7-13(12)14/h4-7,11,15H,8-10,14H2,1-3H3. The van der Waals surface area contributed by atoms with Crippen LogP contribution in [0.5, 0.6) is 0 Å². The third kappa shape index (κ3) is 5.59. The number of nitrogens with one attached hydrogen (secondary N) is 1. The SMILES string of the molecule is CC(C)N(C)CCNS(=O)(=O)Cc1ccccc1N. The summed E-state index contributed by atoms with van der Waals surface area (Å²) in [5, 5.41) is 0. The molecule has 0 saturated heterocycles. The summed E-state index contributed by atoms with van der Waals surface area (Å²) in [6.07, 6.45) is 0. The highest BCUT2D eigenvalue weighted by Gasteiger charge is 2.13. The molecule has 0 aliphatic carbocycles. The topological polar surface area (TPSA) is 75.4 Å². The van der Waals surface area contributed by atoms with Crippen LogP contribution in [0.2, 0.25) is 0 Å². The van der Waals surface area contributed by atoms with Crippen LogP contribution in [0, 0.1) is 0 Å². The average molecular weight is 285 g/mol. The molecule has 0 amide bonds. The summed E-state index contributed by atoms with van der Waals surface area (Å²) in [5.41, 5.74) is 6.88. The van der Waals surface area contributed by atoms with Gasteiger partial charge in [0.15, 0.2) is 0 Å². The van der Waals surface area contributed by atoms with Crippen LogP contribution in [0.1, 0.15) is 19.4 Å². The van der Waals surface area contributed by atoms with Gasteiger partial charge in [0.25, 0.3) is 0 Å². The van der Waals surface area contributed by atoms with Crippen molar-refractivity contribution < 1.29 is 8.42 Å². The Balaban J connectivity index is 2.51. The highest BCUT2D eigenvalue weighted by Crippen LogP contribution is 2.13. The number of hydrogen-bond donors (Lipinski definition) is 2. The molecule has 0 fully saturated rings. The van der Waals surface area contributed by atoms with E-state index in [0.29, 0.717) is 30.4 Å². The smallest absolute Gasteiger partial charge is 0.215 e. The Bertz CT molecular complexity index is 500. The van der Waals surface area contributed by atoms with Crippen LogP contribution in [0.25, 0.3) is 0 Å². The van der Waals surface area contributed by atoms with E-state index < -0.39 is 10.0 Å². The van der Waals surface area contributed by atoms with E-state index in [2.05, 4.69) is 23.5 Å². The predicted molar refractivity (Wildman–Crippen MR) is 79.2 cm³/mol. The van der Waals surface area contributed by atoms with Gasteiger partial charge in [-0.1, -0.05) is 18.2 Å². The third-order valence-electron chi connectivity index (χ3n) is 3.07. The molecule has 6 heteroatoms. The first kappa shape index (κ1) is 15.9. The first-order chi connectivity index (χ1) is 8.82. The maximum Gasteiger partial charge on any atom is 0.215 e. The van der Waals surface area contributed by atoms with Gasteiger partial charge in [-0.25, -0.2) is 13.1 Å². The van der Waals surface area contributed by atoms with Crippen molar-refractivity contribution >= 4 is 15.7 Å². The van der Waals surface area contributed by atoms with E-state index in [0.717, 1.165) is 0 Å². The van der Waals surface area contributed by atoms with Crippen LogP contribution in [0.3, 0.4) is 0 Å². The second kappa shape index (κ2) is 6.88. The molecule has 1 rings (SSSR count). The minimum atomic E-state index is -3.34. The quantitative estimate of drug-likeness (QED) is 0.734. The highest BCUT2D eigenvalue weighted by atomic mass is 32.2. The van der Waals surface area contributed by atoms with Crippen LogP contribution in [0.4, 0.5) is 5.69 Å². The maximum absolute atomic E-state index is 11.9. The lowest BCUT2D eigenvalue weighted by atomic mass is 10.2. The first-order valence-electron chi connectivity index (χ1n) is 6.33. The van der Waals surface area contributed by atoms with E-state index in [4.69, 9.17) is 5.73 Å². The Kier molecular flexibility index (Phi) is 5.78. The van der Waals surface area contributed by atoms with Gasteiger partial charge in [0, 0.05) is 24.8 Å². The highest BCUT2D eigenvalue weighted by molar-refractivity contribution is 7.88. The number of rotatable bonds is 7. The fourth-order valence-corrected chi connectivity index (χ4v) is 2.73. The molecule has 108 valence electrons. The molecular formula is C13H23N3O2S. The average Bonchev–Trinajstić information content (AvgIpc) is 2.31. The number of para-hydroxylation sites is 1. The molecule has 5 nitrogen and oxygen atoms in total. The van der Waals surface area contributed by atoms with Gasteiger partial charge in [0.2, 0.25) is 10.0 Å². The molecule has 0 spiro atoms. The van der Waals surface area contributed by atoms with Crippen molar-refractivity contribution in [3.05, 3.63) is 29.8 Å². The van der Waals surface area contributed by atoms with E-state index in [1.54, 1.807) is 24.3 Å². The third-order valence-corrected chi connectivity index (χ3v) is 4.40. The summed E-state index contributed by atoms with van der Waals surface area (Å²) < 4.78 is 26.4. The lowest BCUT2D eigenvalue weighted by molar-refractivity contribution is 0.278. The van der Waals surface area contributed by atoms with Crippen molar-refractivity contribution in [2.24, 2.45) is 0 Å². The molecule has 1 aromatic carbocycles. The van der Waals surface area contributed by atoms with Crippen molar-refractivity contribution in [3.63, 3.8) is 0 Å². The second-order valence-corrected chi connectivity index (χ2v) is 6.73. The molecule has 0 bridgehead atoms. The number of nitrogen functional groups attached to an aromatic ring is 1.